The molecule has 0 atom stereocenters. The zero-order chi connectivity index (χ0) is 34.6. The Morgan fingerprint density at radius 2 is 1.19 bits per heavy atom. The smallest absolute Gasteiger partial charge is 0.341 e. The Labute approximate surface area is 270 Å². The number of hydrogen-bond acceptors (Lipinski definition) is 7. The third-order valence-electron chi connectivity index (χ3n) is 8.37. The molecular formula is C32H32F6N6O4. The van der Waals surface area contributed by atoms with E-state index in [-0.39, 0.29) is 98.0 Å². The first kappa shape index (κ1) is 34.6. The molecule has 256 valence electrons. The second kappa shape index (κ2) is 14.2. The van der Waals surface area contributed by atoms with Crippen molar-refractivity contribution in [2.45, 2.75) is 82.0 Å². The van der Waals surface area contributed by atoms with Gasteiger partial charge in [0.15, 0.2) is 0 Å². The maximum atomic E-state index is 14.4. The first-order valence-corrected chi connectivity index (χ1v) is 15.3. The fourth-order valence-electron chi connectivity index (χ4n) is 5.71. The van der Waals surface area contributed by atoms with Crippen molar-refractivity contribution in [3.8, 4) is 11.4 Å². The van der Waals surface area contributed by atoms with E-state index in [0.717, 1.165) is 6.20 Å². The van der Waals surface area contributed by atoms with Gasteiger partial charge in [-0.05, 0) is 32.6 Å². The Balaban J connectivity index is 0.000000188. The first-order chi connectivity index (χ1) is 22.7. The Morgan fingerprint density at radius 1 is 0.771 bits per heavy atom. The summed E-state index contributed by atoms with van der Waals surface area (Å²) in [5.41, 5.74) is 1.23. The second-order valence-electron chi connectivity index (χ2n) is 11.8. The van der Waals surface area contributed by atoms with E-state index in [0.29, 0.717) is 5.69 Å². The number of nitrogens with zero attached hydrogens (tertiary/aromatic N) is 6. The summed E-state index contributed by atoms with van der Waals surface area (Å²) in [4.78, 5) is 30.6. The predicted molar refractivity (Wildman–Crippen MR) is 158 cm³/mol. The van der Waals surface area contributed by atoms with Gasteiger partial charge >= 0.3 is 11.9 Å². The van der Waals surface area contributed by atoms with Gasteiger partial charge in [0.05, 0.1) is 65.3 Å². The summed E-state index contributed by atoms with van der Waals surface area (Å²) in [5.74, 6) is -8.75. The summed E-state index contributed by atoms with van der Waals surface area (Å²) in [6.07, 6.45) is 7.74. The summed E-state index contributed by atoms with van der Waals surface area (Å²) in [6, 6.07) is 2.44. The largest absolute Gasteiger partial charge is 0.478 e. The van der Waals surface area contributed by atoms with Gasteiger partial charge in [-0.15, -0.1) is 0 Å². The number of carbonyl (C=O) groups excluding carboxylic acids is 1. The zero-order valence-electron chi connectivity index (χ0n) is 25.8. The average molecular weight is 679 g/mol. The molecule has 2 aliphatic rings. The van der Waals surface area contributed by atoms with E-state index in [2.05, 4.69) is 20.2 Å². The number of halogens is 6. The molecule has 0 aromatic carbocycles. The van der Waals surface area contributed by atoms with E-state index < -0.39 is 35.4 Å². The standard InChI is InChI=1S/C17H18F3N3O2.C15H14F3N3O2/c1-2-25-16(24)12-8-22-23(10-12)13-7-14(18)15(21-9-13)11-3-5-17(19,20)6-4-11;16-12-5-11(21-8-10(6-20-21)14(22)23)7-19-13(12)9-1-3-15(17,18)4-2-9/h7-11H,2-6H2,1H3;5-9H,1-4H2,(H,22,23). The first-order valence-electron chi connectivity index (χ1n) is 15.3. The summed E-state index contributed by atoms with van der Waals surface area (Å²) in [6.45, 7) is 1.94. The molecule has 0 radical (unpaired) electrons. The number of carboxylic acids is 1. The van der Waals surface area contributed by atoms with Crippen molar-refractivity contribution in [1.29, 1.82) is 0 Å². The average Bonchev–Trinajstić information content (AvgIpc) is 3.74. The Bertz CT molecular complexity index is 1760. The number of carbonyl (C=O) groups is 2. The molecule has 2 aliphatic carbocycles. The van der Waals surface area contributed by atoms with Gasteiger partial charge in [0.2, 0.25) is 11.8 Å². The Morgan fingerprint density at radius 3 is 1.56 bits per heavy atom. The van der Waals surface area contributed by atoms with Gasteiger partial charge in [0, 0.05) is 62.0 Å². The maximum Gasteiger partial charge on any atom is 0.341 e. The number of aromatic carboxylic acids is 1. The number of carboxylic acid groups (broad SMARTS) is 1. The molecule has 1 N–H and O–H groups in total. The predicted octanol–water partition coefficient (Wildman–Crippen LogP) is 7.27. The van der Waals surface area contributed by atoms with Crippen molar-refractivity contribution in [1.82, 2.24) is 29.5 Å². The molecule has 4 heterocycles. The topological polar surface area (TPSA) is 125 Å². The highest BCUT2D eigenvalue weighted by Crippen LogP contribution is 2.42. The van der Waals surface area contributed by atoms with Gasteiger partial charge in [-0.25, -0.2) is 45.3 Å². The van der Waals surface area contributed by atoms with Crippen molar-refractivity contribution in [2.24, 2.45) is 0 Å². The fourth-order valence-corrected chi connectivity index (χ4v) is 5.71. The van der Waals surface area contributed by atoms with Crippen LogP contribution in [-0.4, -0.2) is 65.0 Å². The van der Waals surface area contributed by atoms with Crippen LogP contribution in [0.1, 0.15) is 102 Å². The molecule has 0 spiro atoms. The van der Waals surface area contributed by atoms with Crippen LogP contribution in [0, 0.1) is 11.6 Å². The van der Waals surface area contributed by atoms with Gasteiger partial charge in [-0.1, -0.05) is 0 Å². The number of rotatable bonds is 7. The highest BCUT2D eigenvalue weighted by molar-refractivity contribution is 5.88. The number of esters is 1. The van der Waals surface area contributed by atoms with E-state index in [1.165, 1.54) is 52.5 Å². The Hall–Kier alpha value is -4.76. The normalized spacial score (nSPS) is 17.7. The van der Waals surface area contributed by atoms with Crippen molar-refractivity contribution in [2.75, 3.05) is 6.61 Å². The molecule has 0 unspecified atom stereocenters. The van der Waals surface area contributed by atoms with Crippen LogP contribution in [0.3, 0.4) is 0 Å². The van der Waals surface area contributed by atoms with Crippen LogP contribution in [0.5, 0.6) is 0 Å². The molecule has 2 saturated carbocycles. The van der Waals surface area contributed by atoms with E-state index in [1.54, 1.807) is 6.92 Å². The lowest BCUT2D eigenvalue weighted by atomic mass is 9.84. The molecule has 2 fully saturated rings. The van der Waals surface area contributed by atoms with Crippen molar-refractivity contribution >= 4 is 11.9 Å². The summed E-state index contributed by atoms with van der Waals surface area (Å²) in [5, 5.41) is 16.7. The van der Waals surface area contributed by atoms with E-state index >= 15 is 0 Å². The van der Waals surface area contributed by atoms with Gasteiger partial charge in [-0.3, -0.25) is 9.97 Å². The monoisotopic (exact) mass is 678 g/mol. The minimum atomic E-state index is -2.67. The molecular weight excluding hydrogens is 646 g/mol. The van der Waals surface area contributed by atoms with Gasteiger partial charge in [-0.2, -0.15) is 10.2 Å². The molecule has 48 heavy (non-hydrogen) atoms. The van der Waals surface area contributed by atoms with Gasteiger partial charge < -0.3 is 9.84 Å². The van der Waals surface area contributed by atoms with Crippen molar-refractivity contribution in [3.63, 3.8) is 0 Å². The van der Waals surface area contributed by atoms with E-state index in [9.17, 15) is 35.9 Å². The highest BCUT2D eigenvalue weighted by Gasteiger charge is 2.37. The lowest BCUT2D eigenvalue weighted by Gasteiger charge is -2.28. The molecule has 4 aromatic rings. The summed E-state index contributed by atoms with van der Waals surface area (Å²) < 4.78 is 88.9. The lowest BCUT2D eigenvalue weighted by molar-refractivity contribution is -0.0392. The van der Waals surface area contributed by atoms with Crippen molar-refractivity contribution in [3.05, 3.63) is 83.5 Å². The lowest BCUT2D eigenvalue weighted by Crippen LogP contribution is -2.24. The van der Waals surface area contributed by atoms with E-state index in [4.69, 9.17) is 9.84 Å². The fraction of sp³-hybridized carbons (Fsp3) is 0.438. The summed E-state index contributed by atoms with van der Waals surface area (Å²) in [7, 11) is 0. The minimum absolute atomic E-state index is 0.0241. The van der Waals surface area contributed by atoms with Crippen LogP contribution in [-0.2, 0) is 4.74 Å². The molecule has 16 heteroatoms. The van der Waals surface area contributed by atoms with Crippen LogP contribution in [0.15, 0.2) is 49.3 Å². The van der Waals surface area contributed by atoms with E-state index in [1.807, 2.05) is 0 Å². The molecule has 0 saturated heterocycles. The van der Waals surface area contributed by atoms with Crippen LogP contribution in [0.2, 0.25) is 0 Å². The number of ether oxygens (including phenoxy) is 1. The minimum Gasteiger partial charge on any atom is -0.478 e. The number of alkyl halides is 4. The van der Waals surface area contributed by atoms with Crippen LogP contribution in [0.4, 0.5) is 26.3 Å². The zero-order valence-corrected chi connectivity index (χ0v) is 25.8. The third kappa shape index (κ3) is 8.20. The maximum absolute atomic E-state index is 14.4. The highest BCUT2D eigenvalue weighted by atomic mass is 19.3. The molecule has 0 aliphatic heterocycles. The molecule has 4 aromatic heterocycles. The third-order valence-corrected chi connectivity index (χ3v) is 8.37. The Kier molecular flexibility index (Phi) is 10.2. The summed E-state index contributed by atoms with van der Waals surface area (Å²) >= 11 is 0. The van der Waals surface area contributed by atoms with Crippen LogP contribution >= 0.6 is 0 Å². The SMILES string of the molecule is CCOC(=O)c1cnn(-c2cnc(C3CCC(F)(F)CC3)c(F)c2)c1.O=C(O)c1cnn(-c2cnc(C3CCC(F)(F)CC3)c(F)c2)c1. The molecule has 10 nitrogen and oxygen atoms in total. The number of pyridine rings is 2. The molecule has 0 amide bonds. The van der Waals surface area contributed by atoms with Crippen molar-refractivity contribution < 1.29 is 45.8 Å². The quantitative estimate of drug-likeness (QED) is 0.160. The van der Waals surface area contributed by atoms with Crippen LogP contribution < -0.4 is 0 Å². The molecule has 6 rings (SSSR count). The number of aromatic nitrogens is 6. The van der Waals surface area contributed by atoms with Gasteiger partial charge in [0.1, 0.15) is 11.6 Å². The van der Waals surface area contributed by atoms with Gasteiger partial charge in [0.25, 0.3) is 0 Å². The molecule has 0 bridgehead atoms. The number of hydrogen-bond donors (Lipinski definition) is 1. The second-order valence-corrected chi connectivity index (χ2v) is 11.8. The van der Waals surface area contributed by atoms with Crippen LogP contribution in [0.25, 0.3) is 11.4 Å².